The van der Waals surface area contributed by atoms with Gasteiger partial charge in [-0.05, 0) is 48.9 Å². The first kappa shape index (κ1) is 18.0. The van der Waals surface area contributed by atoms with Crippen molar-refractivity contribution in [1.29, 1.82) is 0 Å². The van der Waals surface area contributed by atoms with Gasteiger partial charge in [-0.1, -0.05) is 23.7 Å². The van der Waals surface area contributed by atoms with Gasteiger partial charge in [0.15, 0.2) is 5.37 Å². The Bertz CT molecular complexity index is 720. The smallest absolute Gasteiger partial charge is 0.339 e. The molecule has 2 aromatic carbocycles. The molecule has 4 nitrogen and oxygen atoms in total. The Balaban J connectivity index is 1.95. The Kier molecular flexibility index (Phi) is 5.76. The van der Waals surface area contributed by atoms with Gasteiger partial charge >= 0.3 is 5.97 Å². The van der Waals surface area contributed by atoms with E-state index in [1.807, 2.05) is 55.5 Å². The predicted molar refractivity (Wildman–Crippen MR) is 103 cm³/mol. The fraction of sp³-hybridized carbons (Fsp3) is 0.316. The second-order valence-corrected chi connectivity index (χ2v) is 7.16. The highest BCUT2D eigenvalue weighted by atomic mass is 35.5. The average molecular weight is 378 g/mol. The molecule has 1 aliphatic rings. The SMILES string of the molecule is CCOC(=O)C1SCC(c2ccc(OC)cc2)N1c1ccc(Cl)cc1. The lowest BCUT2D eigenvalue weighted by Gasteiger charge is -2.30. The molecule has 1 fully saturated rings. The summed E-state index contributed by atoms with van der Waals surface area (Å²) in [5.41, 5.74) is 2.09. The van der Waals surface area contributed by atoms with Crippen LogP contribution in [0.2, 0.25) is 5.02 Å². The van der Waals surface area contributed by atoms with Crippen LogP contribution in [-0.2, 0) is 9.53 Å². The van der Waals surface area contributed by atoms with Crippen LogP contribution in [0.25, 0.3) is 0 Å². The summed E-state index contributed by atoms with van der Waals surface area (Å²) in [7, 11) is 1.65. The Morgan fingerprint density at radius 2 is 1.88 bits per heavy atom. The van der Waals surface area contributed by atoms with E-state index in [4.69, 9.17) is 21.1 Å². The molecule has 2 atom stereocenters. The van der Waals surface area contributed by atoms with Crippen molar-refractivity contribution < 1.29 is 14.3 Å². The zero-order valence-corrected chi connectivity index (χ0v) is 15.7. The van der Waals surface area contributed by atoms with Crippen molar-refractivity contribution in [1.82, 2.24) is 0 Å². The maximum atomic E-state index is 12.4. The lowest BCUT2D eigenvalue weighted by Crippen LogP contribution is -2.37. The largest absolute Gasteiger partial charge is 0.497 e. The molecule has 0 bridgehead atoms. The summed E-state index contributed by atoms with van der Waals surface area (Å²) in [4.78, 5) is 14.6. The third-order valence-corrected chi connectivity index (χ3v) is 5.61. The zero-order valence-electron chi connectivity index (χ0n) is 14.1. The number of ether oxygens (including phenoxy) is 2. The Morgan fingerprint density at radius 3 is 2.48 bits per heavy atom. The van der Waals surface area contributed by atoms with E-state index in [2.05, 4.69) is 4.90 Å². The van der Waals surface area contributed by atoms with Gasteiger partial charge in [0.1, 0.15) is 5.75 Å². The topological polar surface area (TPSA) is 38.8 Å². The summed E-state index contributed by atoms with van der Waals surface area (Å²) >= 11 is 7.62. The van der Waals surface area contributed by atoms with Gasteiger partial charge in [0.2, 0.25) is 0 Å². The molecule has 0 spiro atoms. The summed E-state index contributed by atoms with van der Waals surface area (Å²) in [5, 5.41) is 0.303. The van der Waals surface area contributed by atoms with Crippen LogP contribution in [0.5, 0.6) is 5.75 Å². The third-order valence-electron chi connectivity index (χ3n) is 4.11. The highest BCUT2D eigenvalue weighted by molar-refractivity contribution is 8.01. The normalized spacial score (nSPS) is 19.7. The summed E-state index contributed by atoms with van der Waals surface area (Å²) in [6, 6.07) is 15.6. The minimum Gasteiger partial charge on any atom is -0.497 e. The Morgan fingerprint density at radius 1 is 1.20 bits per heavy atom. The number of carbonyl (C=O) groups excluding carboxylic acids is 1. The molecule has 25 heavy (non-hydrogen) atoms. The lowest BCUT2D eigenvalue weighted by atomic mass is 10.1. The first-order valence-corrected chi connectivity index (χ1v) is 9.52. The van der Waals surface area contributed by atoms with Crippen molar-refractivity contribution in [3.63, 3.8) is 0 Å². The van der Waals surface area contributed by atoms with Crippen LogP contribution in [-0.4, -0.2) is 30.8 Å². The monoisotopic (exact) mass is 377 g/mol. The van der Waals surface area contributed by atoms with Gasteiger partial charge in [0.25, 0.3) is 0 Å². The Hall–Kier alpha value is -1.85. The number of thioether (sulfide) groups is 1. The fourth-order valence-corrected chi connectivity index (χ4v) is 4.39. The number of hydrogen-bond acceptors (Lipinski definition) is 5. The number of rotatable bonds is 5. The minimum atomic E-state index is -0.367. The van der Waals surface area contributed by atoms with E-state index in [0.717, 1.165) is 22.8 Å². The van der Waals surface area contributed by atoms with E-state index in [1.54, 1.807) is 18.9 Å². The molecule has 1 aliphatic heterocycles. The first-order valence-electron chi connectivity index (χ1n) is 8.10. The van der Waals surface area contributed by atoms with Crippen LogP contribution in [0.4, 0.5) is 5.69 Å². The molecular weight excluding hydrogens is 358 g/mol. The minimum absolute atomic E-state index is 0.0755. The molecule has 132 valence electrons. The number of methoxy groups -OCH3 is 1. The second kappa shape index (κ2) is 8.02. The van der Waals surface area contributed by atoms with Gasteiger partial charge in [-0.25, -0.2) is 4.79 Å². The van der Waals surface area contributed by atoms with Crippen LogP contribution >= 0.6 is 23.4 Å². The third kappa shape index (κ3) is 3.88. The summed E-state index contributed by atoms with van der Waals surface area (Å²) in [6.07, 6.45) is 0. The maximum absolute atomic E-state index is 12.4. The summed E-state index contributed by atoms with van der Waals surface area (Å²) < 4.78 is 10.5. The molecule has 6 heteroatoms. The first-order chi connectivity index (χ1) is 12.1. The average Bonchev–Trinajstić information content (AvgIpc) is 3.08. The molecule has 0 aromatic heterocycles. The van der Waals surface area contributed by atoms with Crippen LogP contribution < -0.4 is 9.64 Å². The predicted octanol–water partition coefficient (Wildman–Crippen LogP) is 4.53. The zero-order chi connectivity index (χ0) is 17.8. The molecular formula is C19H20ClNO3S. The standard InChI is InChI=1S/C19H20ClNO3S/c1-3-24-19(22)18-21(15-8-6-14(20)7-9-15)17(12-25-18)13-4-10-16(23-2)11-5-13/h4-11,17-18H,3,12H2,1-2H3. The molecule has 2 aromatic rings. The van der Waals surface area contributed by atoms with E-state index < -0.39 is 0 Å². The van der Waals surface area contributed by atoms with Gasteiger partial charge < -0.3 is 14.4 Å². The van der Waals surface area contributed by atoms with Crippen LogP contribution in [0.3, 0.4) is 0 Å². The van der Waals surface area contributed by atoms with E-state index in [1.165, 1.54) is 0 Å². The summed E-state index contributed by atoms with van der Waals surface area (Å²) in [6.45, 7) is 2.20. The van der Waals surface area contributed by atoms with Crippen molar-refractivity contribution in [2.45, 2.75) is 18.3 Å². The van der Waals surface area contributed by atoms with Gasteiger partial charge in [-0.2, -0.15) is 0 Å². The molecule has 0 amide bonds. The van der Waals surface area contributed by atoms with Crippen molar-refractivity contribution >= 4 is 35.0 Å². The van der Waals surface area contributed by atoms with Gasteiger partial charge in [-0.15, -0.1) is 11.8 Å². The van der Waals surface area contributed by atoms with Gasteiger partial charge in [0.05, 0.1) is 19.8 Å². The molecule has 0 radical (unpaired) electrons. The van der Waals surface area contributed by atoms with Gasteiger partial charge in [0, 0.05) is 16.5 Å². The molecule has 3 rings (SSSR count). The van der Waals surface area contributed by atoms with E-state index in [0.29, 0.717) is 11.6 Å². The molecule has 0 saturated carbocycles. The highest BCUT2D eigenvalue weighted by Gasteiger charge is 2.40. The van der Waals surface area contributed by atoms with E-state index >= 15 is 0 Å². The molecule has 2 unspecified atom stereocenters. The lowest BCUT2D eigenvalue weighted by molar-refractivity contribution is -0.142. The molecule has 0 aliphatic carbocycles. The maximum Gasteiger partial charge on any atom is 0.339 e. The molecule has 1 heterocycles. The number of halogens is 1. The van der Waals surface area contributed by atoms with Gasteiger partial charge in [-0.3, -0.25) is 0 Å². The highest BCUT2D eigenvalue weighted by Crippen LogP contribution is 2.43. The van der Waals surface area contributed by atoms with Crippen molar-refractivity contribution in [3.05, 3.63) is 59.1 Å². The Labute approximate surface area is 157 Å². The number of esters is 1. The summed E-state index contributed by atoms with van der Waals surface area (Å²) in [5.74, 6) is 1.41. The number of benzene rings is 2. The number of anilines is 1. The van der Waals surface area contributed by atoms with E-state index in [-0.39, 0.29) is 17.4 Å². The quantitative estimate of drug-likeness (QED) is 0.715. The van der Waals surface area contributed by atoms with Crippen LogP contribution in [0.15, 0.2) is 48.5 Å². The number of hydrogen-bond donors (Lipinski definition) is 0. The van der Waals surface area contributed by atoms with Crippen LogP contribution in [0, 0.1) is 0 Å². The van der Waals surface area contributed by atoms with E-state index in [9.17, 15) is 4.79 Å². The fourth-order valence-electron chi connectivity index (χ4n) is 2.91. The van der Waals surface area contributed by atoms with Crippen molar-refractivity contribution in [2.24, 2.45) is 0 Å². The molecule has 0 N–H and O–H groups in total. The molecule has 1 saturated heterocycles. The van der Waals surface area contributed by atoms with Crippen molar-refractivity contribution in [2.75, 3.05) is 24.4 Å². The van der Waals surface area contributed by atoms with Crippen LogP contribution in [0.1, 0.15) is 18.5 Å². The second-order valence-electron chi connectivity index (χ2n) is 5.61. The number of nitrogens with zero attached hydrogens (tertiary/aromatic N) is 1. The van der Waals surface area contributed by atoms with Crippen molar-refractivity contribution in [3.8, 4) is 5.75 Å². The number of carbonyl (C=O) groups is 1.